The van der Waals surface area contributed by atoms with E-state index >= 15 is 0 Å². The van der Waals surface area contributed by atoms with Crippen LogP contribution < -0.4 is 0 Å². The molecule has 2 saturated heterocycles. The molecule has 1 amide bonds. The van der Waals surface area contributed by atoms with Crippen LogP contribution in [0.15, 0.2) is 24.3 Å². The third kappa shape index (κ3) is 3.55. The number of aromatic nitrogens is 2. The second kappa shape index (κ2) is 7.14. The molecule has 1 aromatic heterocycles. The van der Waals surface area contributed by atoms with Gasteiger partial charge in [0.1, 0.15) is 5.82 Å². The molecule has 0 atom stereocenters. The number of carbonyl (C=O) groups excluding carboxylic acids is 1. The van der Waals surface area contributed by atoms with Crippen molar-refractivity contribution in [3.63, 3.8) is 0 Å². The summed E-state index contributed by atoms with van der Waals surface area (Å²) in [4.78, 5) is 23.8. The SMILES string of the molecule is Cn1c(CN2CCN(CC(=O)N3CCCC3)CC2)nc2ccccc21. The second-order valence-electron chi connectivity index (χ2n) is 7.22. The number of hydrogen-bond donors (Lipinski definition) is 0. The number of carbonyl (C=O) groups is 1. The Bertz CT molecular complexity index is 741. The molecule has 6 nitrogen and oxygen atoms in total. The number of imidazole rings is 1. The fourth-order valence-corrected chi connectivity index (χ4v) is 3.90. The molecule has 25 heavy (non-hydrogen) atoms. The molecule has 0 N–H and O–H groups in total. The number of hydrogen-bond acceptors (Lipinski definition) is 4. The Morgan fingerprint density at radius 2 is 1.68 bits per heavy atom. The summed E-state index contributed by atoms with van der Waals surface area (Å²) >= 11 is 0. The molecule has 4 rings (SSSR count). The maximum absolute atomic E-state index is 12.3. The van der Waals surface area contributed by atoms with Crippen LogP contribution in [0.5, 0.6) is 0 Å². The van der Waals surface area contributed by atoms with Crippen molar-refractivity contribution >= 4 is 16.9 Å². The van der Waals surface area contributed by atoms with Crippen LogP contribution >= 0.6 is 0 Å². The highest BCUT2D eigenvalue weighted by molar-refractivity contribution is 5.78. The zero-order chi connectivity index (χ0) is 17.2. The number of para-hydroxylation sites is 2. The van der Waals surface area contributed by atoms with E-state index in [9.17, 15) is 4.79 Å². The number of rotatable bonds is 4. The minimum atomic E-state index is 0.307. The number of likely N-dealkylation sites (tertiary alicyclic amines) is 1. The standard InChI is InChI=1S/C19H27N5O/c1-21-17-7-3-2-6-16(17)20-18(21)14-22-10-12-23(13-11-22)15-19(25)24-8-4-5-9-24/h2-3,6-7H,4-5,8-15H2,1H3. The van der Waals surface area contributed by atoms with E-state index in [1.54, 1.807) is 0 Å². The fourth-order valence-electron chi connectivity index (χ4n) is 3.90. The summed E-state index contributed by atoms with van der Waals surface area (Å²) in [5.74, 6) is 1.42. The van der Waals surface area contributed by atoms with Gasteiger partial charge in [-0.1, -0.05) is 12.1 Å². The van der Waals surface area contributed by atoms with Crippen molar-refractivity contribution in [3.8, 4) is 0 Å². The van der Waals surface area contributed by atoms with Crippen LogP contribution in [0.1, 0.15) is 18.7 Å². The molecule has 0 spiro atoms. The zero-order valence-electron chi connectivity index (χ0n) is 15.0. The highest BCUT2D eigenvalue weighted by Gasteiger charge is 2.24. The van der Waals surface area contributed by atoms with Gasteiger partial charge in [-0.2, -0.15) is 0 Å². The number of benzene rings is 1. The first kappa shape index (κ1) is 16.5. The van der Waals surface area contributed by atoms with Gasteiger partial charge in [-0.25, -0.2) is 4.98 Å². The lowest BCUT2D eigenvalue weighted by Gasteiger charge is -2.34. The summed E-state index contributed by atoms with van der Waals surface area (Å²) < 4.78 is 2.19. The van der Waals surface area contributed by atoms with Crippen LogP contribution in [-0.2, 0) is 18.4 Å². The number of fused-ring (bicyclic) bond motifs is 1. The minimum Gasteiger partial charge on any atom is -0.342 e. The molecule has 3 heterocycles. The molecule has 1 aromatic carbocycles. The molecular weight excluding hydrogens is 314 g/mol. The zero-order valence-corrected chi connectivity index (χ0v) is 15.0. The Morgan fingerprint density at radius 1 is 1.00 bits per heavy atom. The lowest BCUT2D eigenvalue weighted by atomic mass is 10.3. The molecule has 2 aliphatic rings. The van der Waals surface area contributed by atoms with E-state index in [1.807, 2.05) is 11.0 Å². The quantitative estimate of drug-likeness (QED) is 0.841. The van der Waals surface area contributed by atoms with Gasteiger partial charge in [-0.05, 0) is 25.0 Å². The smallest absolute Gasteiger partial charge is 0.236 e. The van der Waals surface area contributed by atoms with Crippen molar-refractivity contribution in [2.45, 2.75) is 19.4 Å². The van der Waals surface area contributed by atoms with Crippen LogP contribution in [0.3, 0.4) is 0 Å². The highest BCUT2D eigenvalue weighted by atomic mass is 16.2. The maximum atomic E-state index is 12.3. The first-order chi connectivity index (χ1) is 12.2. The summed E-state index contributed by atoms with van der Waals surface area (Å²) in [5.41, 5.74) is 2.25. The van der Waals surface area contributed by atoms with E-state index in [0.717, 1.165) is 70.0 Å². The van der Waals surface area contributed by atoms with Crippen LogP contribution in [0, 0.1) is 0 Å². The van der Waals surface area contributed by atoms with E-state index in [4.69, 9.17) is 4.98 Å². The van der Waals surface area contributed by atoms with Crippen LogP contribution in [0.25, 0.3) is 11.0 Å². The van der Waals surface area contributed by atoms with Gasteiger partial charge in [-0.15, -0.1) is 0 Å². The number of nitrogens with zero attached hydrogens (tertiary/aromatic N) is 5. The third-order valence-electron chi connectivity index (χ3n) is 5.53. The Kier molecular flexibility index (Phi) is 4.72. The highest BCUT2D eigenvalue weighted by Crippen LogP contribution is 2.16. The molecule has 0 bridgehead atoms. The summed E-state index contributed by atoms with van der Waals surface area (Å²) in [6, 6.07) is 8.29. The average molecular weight is 341 g/mol. The largest absolute Gasteiger partial charge is 0.342 e. The van der Waals surface area contributed by atoms with Crippen molar-refractivity contribution in [2.75, 3.05) is 45.8 Å². The van der Waals surface area contributed by atoms with Crippen molar-refractivity contribution in [1.29, 1.82) is 0 Å². The Labute approximate surface area is 149 Å². The van der Waals surface area contributed by atoms with E-state index in [-0.39, 0.29) is 0 Å². The van der Waals surface area contributed by atoms with Crippen molar-refractivity contribution in [1.82, 2.24) is 24.3 Å². The van der Waals surface area contributed by atoms with E-state index < -0.39 is 0 Å². The topological polar surface area (TPSA) is 44.6 Å². The third-order valence-corrected chi connectivity index (χ3v) is 5.53. The normalized spacial score (nSPS) is 19.8. The summed E-state index contributed by atoms with van der Waals surface area (Å²) in [6.45, 7) is 7.27. The van der Waals surface area contributed by atoms with Crippen LogP contribution in [0.4, 0.5) is 0 Å². The van der Waals surface area contributed by atoms with Gasteiger partial charge < -0.3 is 9.47 Å². The van der Waals surface area contributed by atoms with Gasteiger partial charge in [0.25, 0.3) is 0 Å². The van der Waals surface area contributed by atoms with E-state index in [2.05, 4.69) is 39.6 Å². The molecule has 0 saturated carbocycles. The first-order valence-electron chi connectivity index (χ1n) is 9.33. The lowest BCUT2D eigenvalue weighted by molar-refractivity contribution is -0.131. The molecule has 0 unspecified atom stereocenters. The molecule has 2 aliphatic heterocycles. The molecule has 0 radical (unpaired) electrons. The predicted molar refractivity (Wildman–Crippen MR) is 98.2 cm³/mol. The molecular formula is C19H27N5O. The maximum Gasteiger partial charge on any atom is 0.236 e. The Balaban J connectivity index is 1.31. The van der Waals surface area contributed by atoms with Gasteiger partial charge >= 0.3 is 0 Å². The second-order valence-corrected chi connectivity index (χ2v) is 7.22. The Hall–Kier alpha value is -1.92. The van der Waals surface area contributed by atoms with Crippen molar-refractivity contribution < 1.29 is 4.79 Å². The van der Waals surface area contributed by atoms with E-state index in [0.29, 0.717) is 12.5 Å². The molecule has 0 aliphatic carbocycles. The predicted octanol–water partition coefficient (Wildman–Crippen LogP) is 1.31. The molecule has 6 heteroatoms. The fraction of sp³-hybridized carbons (Fsp3) is 0.579. The van der Waals surface area contributed by atoms with Gasteiger partial charge in [0.2, 0.25) is 5.91 Å². The molecule has 134 valence electrons. The number of piperazine rings is 1. The van der Waals surface area contributed by atoms with Crippen molar-refractivity contribution in [3.05, 3.63) is 30.1 Å². The minimum absolute atomic E-state index is 0.307. The van der Waals surface area contributed by atoms with Crippen LogP contribution in [-0.4, -0.2) is 76.0 Å². The summed E-state index contributed by atoms with van der Waals surface area (Å²) in [6.07, 6.45) is 2.33. The summed E-state index contributed by atoms with van der Waals surface area (Å²) in [7, 11) is 2.09. The monoisotopic (exact) mass is 341 g/mol. The van der Waals surface area contributed by atoms with Crippen LogP contribution in [0.2, 0.25) is 0 Å². The molecule has 2 fully saturated rings. The van der Waals surface area contributed by atoms with Gasteiger partial charge in [0.15, 0.2) is 0 Å². The Morgan fingerprint density at radius 3 is 2.40 bits per heavy atom. The van der Waals surface area contributed by atoms with Crippen molar-refractivity contribution in [2.24, 2.45) is 7.05 Å². The van der Waals surface area contributed by atoms with Gasteiger partial charge in [0.05, 0.1) is 24.1 Å². The lowest BCUT2D eigenvalue weighted by Crippen LogP contribution is -2.49. The van der Waals surface area contributed by atoms with Gasteiger partial charge in [-0.3, -0.25) is 14.6 Å². The molecule has 2 aromatic rings. The van der Waals surface area contributed by atoms with Gasteiger partial charge in [0, 0.05) is 46.3 Å². The average Bonchev–Trinajstić information content (AvgIpc) is 3.26. The first-order valence-corrected chi connectivity index (χ1v) is 9.33. The number of aryl methyl sites for hydroxylation is 1. The number of amides is 1. The van der Waals surface area contributed by atoms with E-state index in [1.165, 1.54) is 5.52 Å². The summed E-state index contributed by atoms with van der Waals surface area (Å²) in [5, 5.41) is 0.